The number of hydrogen-bond acceptors (Lipinski definition) is 3. The first-order valence-electron chi connectivity index (χ1n) is 7.21. The van der Waals surface area contributed by atoms with Crippen LogP contribution in [0.4, 0.5) is 4.39 Å². The van der Waals surface area contributed by atoms with E-state index >= 15 is 0 Å². The zero-order valence-electron chi connectivity index (χ0n) is 12.1. The Morgan fingerprint density at radius 3 is 2.95 bits per heavy atom. The van der Waals surface area contributed by atoms with Crippen molar-refractivity contribution < 1.29 is 13.9 Å². The molecule has 0 N–H and O–H groups in total. The number of rotatable bonds is 4. The quantitative estimate of drug-likeness (QED) is 0.808. The van der Waals surface area contributed by atoms with Crippen LogP contribution in [0.2, 0.25) is 0 Å². The Kier molecular flexibility index (Phi) is 4.00. The molecule has 1 atom stereocenters. The predicted octanol–water partition coefficient (Wildman–Crippen LogP) is 3.70. The molecule has 1 unspecified atom stereocenters. The van der Waals surface area contributed by atoms with Crippen molar-refractivity contribution >= 4 is 5.78 Å². The molecule has 0 saturated heterocycles. The molecule has 0 aliphatic carbocycles. The summed E-state index contributed by atoms with van der Waals surface area (Å²) in [5.74, 6) is -0.325. The second-order valence-corrected chi connectivity index (χ2v) is 5.29. The molecule has 3 rings (SSSR count). The van der Waals surface area contributed by atoms with Crippen LogP contribution in [-0.2, 0) is 6.42 Å². The zero-order chi connectivity index (χ0) is 15.5. The fourth-order valence-corrected chi connectivity index (χ4v) is 2.57. The molecule has 0 fully saturated rings. The van der Waals surface area contributed by atoms with Gasteiger partial charge < -0.3 is 4.74 Å². The van der Waals surface area contributed by atoms with E-state index in [-0.39, 0.29) is 12.4 Å². The minimum atomic E-state index is -0.484. The molecule has 2 aromatic rings. The maximum atomic E-state index is 13.0. The van der Waals surface area contributed by atoms with Crippen molar-refractivity contribution in [2.24, 2.45) is 0 Å². The van der Waals surface area contributed by atoms with E-state index in [0.29, 0.717) is 17.0 Å². The summed E-state index contributed by atoms with van der Waals surface area (Å²) in [4.78, 5) is 16.7. The van der Waals surface area contributed by atoms with Gasteiger partial charge in [0.15, 0.2) is 5.78 Å². The number of nitrogens with zero attached hydrogens (tertiary/aromatic N) is 1. The van der Waals surface area contributed by atoms with E-state index < -0.39 is 11.7 Å². The van der Waals surface area contributed by atoms with Crippen LogP contribution in [0.25, 0.3) is 0 Å². The van der Waals surface area contributed by atoms with Gasteiger partial charge in [0.1, 0.15) is 18.2 Å². The van der Waals surface area contributed by atoms with Gasteiger partial charge >= 0.3 is 0 Å². The first kappa shape index (κ1) is 14.4. The number of ketones is 1. The van der Waals surface area contributed by atoms with E-state index in [0.717, 1.165) is 24.6 Å². The van der Waals surface area contributed by atoms with E-state index in [9.17, 15) is 9.18 Å². The molecule has 0 saturated carbocycles. The molecule has 1 aromatic carbocycles. The highest BCUT2D eigenvalue weighted by Crippen LogP contribution is 2.32. The van der Waals surface area contributed by atoms with Gasteiger partial charge in [-0.05, 0) is 42.7 Å². The second-order valence-electron chi connectivity index (χ2n) is 5.29. The highest BCUT2D eigenvalue weighted by Gasteiger charge is 2.31. The standard InChI is InChI=1S/C18H16FNO2/c1-2-3-4-12-5-8-17-14(9-12)18(21)15(11-22-17)16-7-6-13(19)10-20-16/h2,5-10,15H,1,3-4,11H2. The average Bonchev–Trinajstić information content (AvgIpc) is 2.54. The fourth-order valence-electron chi connectivity index (χ4n) is 2.57. The molecular formula is C18H16FNO2. The van der Waals surface area contributed by atoms with E-state index in [1.807, 2.05) is 24.3 Å². The molecule has 0 bridgehead atoms. The molecular weight excluding hydrogens is 281 g/mol. The van der Waals surface area contributed by atoms with E-state index in [4.69, 9.17) is 4.74 Å². The summed E-state index contributed by atoms with van der Waals surface area (Å²) in [5.41, 5.74) is 2.18. The minimum absolute atomic E-state index is 0.0270. The van der Waals surface area contributed by atoms with E-state index in [1.54, 1.807) is 0 Å². The number of ether oxygens (including phenoxy) is 1. The van der Waals surface area contributed by atoms with Gasteiger partial charge in [0.2, 0.25) is 0 Å². The van der Waals surface area contributed by atoms with Crippen molar-refractivity contribution in [2.75, 3.05) is 6.61 Å². The van der Waals surface area contributed by atoms with Gasteiger partial charge in [0.25, 0.3) is 0 Å². The summed E-state index contributed by atoms with van der Waals surface area (Å²) in [5, 5.41) is 0. The molecule has 22 heavy (non-hydrogen) atoms. The third-order valence-corrected chi connectivity index (χ3v) is 3.78. The normalized spacial score (nSPS) is 16.8. The summed E-state index contributed by atoms with van der Waals surface area (Å²) >= 11 is 0. The molecule has 3 nitrogen and oxygen atoms in total. The Morgan fingerprint density at radius 1 is 1.36 bits per heavy atom. The number of Topliss-reactive ketones (excluding diaryl/α,β-unsaturated/α-hetero) is 1. The SMILES string of the molecule is C=CCCc1ccc2c(c1)C(=O)C(c1ccc(F)cn1)CO2. The van der Waals surface area contributed by atoms with Crippen LogP contribution in [0, 0.1) is 5.82 Å². The Bertz CT molecular complexity index is 710. The first-order valence-corrected chi connectivity index (χ1v) is 7.21. The summed E-state index contributed by atoms with van der Waals surface area (Å²) < 4.78 is 18.7. The van der Waals surface area contributed by atoms with Crippen molar-refractivity contribution in [3.63, 3.8) is 0 Å². The van der Waals surface area contributed by atoms with E-state index in [1.165, 1.54) is 12.1 Å². The smallest absolute Gasteiger partial charge is 0.179 e. The third kappa shape index (κ3) is 2.77. The van der Waals surface area contributed by atoms with Crippen LogP contribution in [0.3, 0.4) is 0 Å². The Balaban J connectivity index is 1.90. The van der Waals surface area contributed by atoms with Crippen LogP contribution in [0.1, 0.15) is 34.0 Å². The maximum Gasteiger partial charge on any atom is 0.179 e. The van der Waals surface area contributed by atoms with Gasteiger partial charge in [-0.2, -0.15) is 0 Å². The molecule has 4 heteroatoms. The molecule has 0 amide bonds. The zero-order valence-corrected chi connectivity index (χ0v) is 12.1. The number of pyridine rings is 1. The van der Waals surface area contributed by atoms with Crippen LogP contribution >= 0.6 is 0 Å². The second kappa shape index (κ2) is 6.10. The molecule has 2 heterocycles. The number of benzene rings is 1. The molecule has 1 aromatic heterocycles. The van der Waals surface area contributed by atoms with Crippen LogP contribution < -0.4 is 4.74 Å². The minimum Gasteiger partial charge on any atom is -0.492 e. The number of fused-ring (bicyclic) bond motifs is 1. The summed E-state index contributed by atoms with van der Waals surface area (Å²) in [6.45, 7) is 3.94. The van der Waals surface area contributed by atoms with Gasteiger partial charge in [-0.3, -0.25) is 9.78 Å². The number of carbonyl (C=O) groups is 1. The number of hydrogen-bond donors (Lipinski definition) is 0. The monoisotopic (exact) mass is 297 g/mol. The summed E-state index contributed by atoms with van der Waals surface area (Å²) in [6, 6.07) is 8.52. The topological polar surface area (TPSA) is 39.2 Å². The van der Waals surface area contributed by atoms with Gasteiger partial charge in [-0.25, -0.2) is 4.39 Å². The number of carbonyl (C=O) groups excluding carboxylic acids is 1. The largest absolute Gasteiger partial charge is 0.492 e. The molecule has 0 spiro atoms. The lowest BCUT2D eigenvalue weighted by Gasteiger charge is -2.24. The summed E-state index contributed by atoms with van der Waals surface area (Å²) in [6.07, 6.45) is 4.67. The maximum absolute atomic E-state index is 13.0. The number of halogens is 1. The van der Waals surface area contributed by atoms with Crippen molar-refractivity contribution in [3.05, 3.63) is 71.8 Å². The van der Waals surface area contributed by atoms with Gasteiger partial charge in [0, 0.05) is 0 Å². The number of allylic oxidation sites excluding steroid dienone is 1. The van der Waals surface area contributed by atoms with Crippen LogP contribution in [0.5, 0.6) is 5.75 Å². The molecule has 0 radical (unpaired) electrons. The third-order valence-electron chi connectivity index (χ3n) is 3.78. The lowest BCUT2D eigenvalue weighted by atomic mass is 9.90. The number of aryl methyl sites for hydroxylation is 1. The predicted molar refractivity (Wildman–Crippen MR) is 81.7 cm³/mol. The van der Waals surface area contributed by atoms with Crippen molar-refractivity contribution in [2.45, 2.75) is 18.8 Å². The van der Waals surface area contributed by atoms with Crippen molar-refractivity contribution in [1.82, 2.24) is 4.98 Å². The highest BCUT2D eigenvalue weighted by molar-refractivity contribution is 6.04. The lowest BCUT2D eigenvalue weighted by Crippen LogP contribution is -2.27. The van der Waals surface area contributed by atoms with Crippen molar-refractivity contribution in [1.29, 1.82) is 0 Å². The fraction of sp³-hybridized carbons (Fsp3) is 0.222. The van der Waals surface area contributed by atoms with Crippen LogP contribution in [0.15, 0.2) is 49.2 Å². The Labute approximate surface area is 128 Å². The molecule has 112 valence electrons. The Hall–Kier alpha value is -2.49. The van der Waals surface area contributed by atoms with E-state index in [2.05, 4.69) is 11.6 Å². The van der Waals surface area contributed by atoms with Gasteiger partial charge in [0.05, 0.1) is 23.4 Å². The summed E-state index contributed by atoms with van der Waals surface area (Å²) in [7, 11) is 0. The first-order chi connectivity index (χ1) is 10.7. The average molecular weight is 297 g/mol. The lowest BCUT2D eigenvalue weighted by molar-refractivity contribution is 0.0893. The Morgan fingerprint density at radius 2 is 2.23 bits per heavy atom. The van der Waals surface area contributed by atoms with Crippen molar-refractivity contribution in [3.8, 4) is 5.75 Å². The van der Waals surface area contributed by atoms with Gasteiger partial charge in [-0.1, -0.05) is 12.1 Å². The highest BCUT2D eigenvalue weighted by atomic mass is 19.1. The van der Waals surface area contributed by atoms with Gasteiger partial charge in [-0.15, -0.1) is 6.58 Å². The molecule has 1 aliphatic rings. The van der Waals surface area contributed by atoms with Crippen LogP contribution in [-0.4, -0.2) is 17.4 Å². The number of aromatic nitrogens is 1. The molecule has 1 aliphatic heterocycles.